The molecular weight excluding hydrogens is 150 g/mol. The Balaban J connectivity index is 2.94. The minimum atomic E-state index is 0.132. The number of hydrogen-bond acceptors (Lipinski definition) is 1. The van der Waals surface area contributed by atoms with Gasteiger partial charge in [-0.1, -0.05) is 6.07 Å². The van der Waals surface area contributed by atoms with Crippen molar-refractivity contribution in [3.63, 3.8) is 0 Å². The van der Waals surface area contributed by atoms with Gasteiger partial charge in [0.2, 0.25) is 0 Å². The predicted octanol–water partition coefficient (Wildman–Crippen LogP) is -0.942. The van der Waals surface area contributed by atoms with Gasteiger partial charge in [0, 0.05) is 17.4 Å². The molecule has 1 aliphatic rings. The van der Waals surface area contributed by atoms with E-state index in [1.807, 2.05) is 26.0 Å². The third kappa shape index (κ3) is 0.891. The summed E-state index contributed by atoms with van der Waals surface area (Å²) in [6.45, 7) is 3.88. The lowest BCUT2D eigenvalue weighted by Crippen LogP contribution is -2.97. The van der Waals surface area contributed by atoms with Crippen molar-refractivity contribution < 1.29 is 5.06 Å². The largest absolute Gasteiger partial charge is 0.624 e. The van der Waals surface area contributed by atoms with Gasteiger partial charge in [0.1, 0.15) is 11.9 Å². The molecule has 2 nitrogen and oxygen atoms in total. The summed E-state index contributed by atoms with van der Waals surface area (Å²) < 4.78 is 0. The van der Waals surface area contributed by atoms with E-state index >= 15 is 0 Å². The van der Waals surface area contributed by atoms with Crippen molar-refractivity contribution in [1.29, 1.82) is 0 Å². The van der Waals surface area contributed by atoms with Crippen molar-refractivity contribution in [2.45, 2.75) is 13.8 Å². The van der Waals surface area contributed by atoms with Gasteiger partial charge in [-0.05, 0) is 24.6 Å². The summed E-state index contributed by atoms with van der Waals surface area (Å²) in [5.74, 6) is 0. The normalized spacial score (nSPS) is 20.6. The molecular formula is C10H10NO. The summed E-state index contributed by atoms with van der Waals surface area (Å²) in [6.07, 6.45) is 1.67. The molecule has 1 heterocycles. The van der Waals surface area contributed by atoms with Gasteiger partial charge in [0.05, 0.1) is 0 Å². The highest BCUT2D eigenvalue weighted by molar-refractivity contribution is 5.44. The molecule has 1 aliphatic heterocycles. The zero-order valence-corrected chi connectivity index (χ0v) is 7.14. The molecule has 1 N–H and O–H groups in total. The van der Waals surface area contributed by atoms with Crippen LogP contribution in [-0.2, 0) is 0 Å². The number of hydroxylamine groups is 2. The molecule has 12 heavy (non-hydrogen) atoms. The lowest BCUT2D eigenvalue weighted by molar-refractivity contribution is -0.672. The van der Waals surface area contributed by atoms with Crippen LogP contribution < -0.4 is 15.5 Å². The van der Waals surface area contributed by atoms with Gasteiger partial charge in [-0.15, -0.1) is 0 Å². The number of quaternary nitrogens is 1. The van der Waals surface area contributed by atoms with E-state index in [4.69, 9.17) is 0 Å². The van der Waals surface area contributed by atoms with E-state index in [2.05, 4.69) is 6.07 Å². The first-order valence-electron chi connectivity index (χ1n) is 3.94. The lowest BCUT2D eigenvalue weighted by atomic mass is 10.1. The SMILES string of the molecule is CC1=c2c(C)c[c]cc2=C[NH+]1[O-]. The number of fused-ring (bicyclic) bond motifs is 1. The zero-order chi connectivity index (χ0) is 8.72. The molecule has 1 radical (unpaired) electrons. The maximum absolute atomic E-state index is 11.3. The molecule has 1 aromatic carbocycles. The van der Waals surface area contributed by atoms with Gasteiger partial charge in [-0.3, -0.25) is 0 Å². The molecule has 0 saturated heterocycles. The van der Waals surface area contributed by atoms with Crippen molar-refractivity contribution in [3.8, 4) is 0 Å². The van der Waals surface area contributed by atoms with Crippen LogP contribution in [0.5, 0.6) is 0 Å². The molecule has 1 unspecified atom stereocenters. The van der Waals surface area contributed by atoms with Gasteiger partial charge in [0.25, 0.3) is 0 Å². The Morgan fingerprint density at radius 3 is 2.75 bits per heavy atom. The first-order chi connectivity index (χ1) is 5.70. The van der Waals surface area contributed by atoms with Crippen molar-refractivity contribution in [1.82, 2.24) is 0 Å². The monoisotopic (exact) mass is 160 g/mol. The van der Waals surface area contributed by atoms with Crippen molar-refractivity contribution >= 4 is 11.9 Å². The minimum Gasteiger partial charge on any atom is -0.624 e. The molecule has 61 valence electrons. The highest BCUT2D eigenvalue weighted by atomic mass is 16.5. The van der Waals surface area contributed by atoms with Crippen molar-refractivity contribution in [3.05, 3.63) is 39.4 Å². The summed E-state index contributed by atoms with van der Waals surface area (Å²) in [4.78, 5) is 0. The summed E-state index contributed by atoms with van der Waals surface area (Å²) in [7, 11) is 0. The van der Waals surface area contributed by atoms with Crippen LogP contribution >= 0.6 is 0 Å². The summed E-state index contributed by atoms with van der Waals surface area (Å²) in [6, 6.07) is 6.77. The van der Waals surface area contributed by atoms with Crippen LogP contribution in [0.1, 0.15) is 12.5 Å². The molecule has 0 fully saturated rings. The zero-order valence-electron chi connectivity index (χ0n) is 7.14. The highest BCUT2D eigenvalue weighted by Gasteiger charge is 2.09. The molecule has 1 aromatic rings. The Kier molecular flexibility index (Phi) is 1.53. The molecule has 0 bridgehead atoms. The first-order valence-corrected chi connectivity index (χ1v) is 3.94. The van der Waals surface area contributed by atoms with Crippen LogP contribution in [0.4, 0.5) is 0 Å². The summed E-state index contributed by atoms with van der Waals surface area (Å²) in [5, 5.41) is 13.5. The van der Waals surface area contributed by atoms with Gasteiger partial charge in [0.15, 0.2) is 0 Å². The smallest absolute Gasteiger partial charge is 0.117 e. The second kappa shape index (κ2) is 2.44. The minimum absolute atomic E-state index is 0.132. The fourth-order valence-electron chi connectivity index (χ4n) is 1.63. The maximum Gasteiger partial charge on any atom is 0.117 e. The number of rotatable bonds is 0. The van der Waals surface area contributed by atoms with E-state index in [1.165, 1.54) is 0 Å². The summed E-state index contributed by atoms with van der Waals surface area (Å²) >= 11 is 0. The van der Waals surface area contributed by atoms with E-state index in [0.29, 0.717) is 0 Å². The third-order valence-corrected chi connectivity index (χ3v) is 2.25. The average Bonchev–Trinajstić information content (AvgIpc) is 2.29. The number of aryl methyl sites for hydroxylation is 1. The standard InChI is InChI=1S/C10H10NO/c1-7-4-3-5-9-6-11(12)8(2)10(7)9/h4-6,11H,1-2H3. The lowest BCUT2D eigenvalue weighted by Gasteiger charge is -2.12. The van der Waals surface area contributed by atoms with Gasteiger partial charge >= 0.3 is 0 Å². The molecule has 1 atom stereocenters. The second-order valence-corrected chi connectivity index (χ2v) is 3.10. The van der Waals surface area contributed by atoms with Crippen molar-refractivity contribution in [2.75, 3.05) is 0 Å². The van der Waals surface area contributed by atoms with E-state index < -0.39 is 0 Å². The molecule has 2 rings (SSSR count). The van der Waals surface area contributed by atoms with Crippen LogP contribution in [0.15, 0.2) is 12.1 Å². The van der Waals surface area contributed by atoms with Crippen LogP contribution in [-0.4, -0.2) is 0 Å². The molecule has 0 amide bonds. The Morgan fingerprint density at radius 2 is 2.08 bits per heavy atom. The molecule has 0 spiro atoms. The topological polar surface area (TPSA) is 27.5 Å². The van der Waals surface area contributed by atoms with Gasteiger partial charge < -0.3 is 10.3 Å². The Morgan fingerprint density at radius 1 is 1.33 bits per heavy atom. The second-order valence-electron chi connectivity index (χ2n) is 3.10. The Labute approximate surface area is 71.0 Å². The van der Waals surface area contributed by atoms with Crippen LogP contribution in [0.25, 0.3) is 11.9 Å². The maximum atomic E-state index is 11.3. The van der Waals surface area contributed by atoms with Gasteiger partial charge in [-0.25, -0.2) is 0 Å². The van der Waals surface area contributed by atoms with E-state index in [-0.39, 0.29) is 5.06 Å². The van der Waals surface area contributed by atoms with Crippen molar-refractivity contribution in [2.24, 2.45) is 0 Å². The fourth-order valence-corrected chi connectivity index (χ4v) is 1.63. The predicted molar refractivity (Wildman–Crippen MR) is 47.1 cm³/mol. The van der Waals surface area contributed by atoms with Gasteiger partial charge in [-0.2, -0.15) is 0 Å². The highest BCUT2D eigenvalue weighted by Crippen LogP contribution is 1.87. The van der Waals surface area contributed by atoms with E-state index in [0.717, 1.165) is 21.7 Å². The molecule has 0 saturated carbocycles. The van der Waals surface area contributed by atoms with Crippen LogP contribution in [0, 0.1) is 18.2 Å². The Hall–Kier alpha value is -1.12. The summed E-state index contributed by atoms with van der Waals surface area (Å²) in [5.41, 5.74) is 1.99. The van der Waals surface area contributed by atoms with E-state index in [1.54, 1.807) is 6.20 Å². The Bertz CT molecular complexity index is 434. The quantitative estimate of drug-likeness (QED) is 0.487. The number of hydrogen-bond donors (Lipinski definition) is 1. The molecule has 2 heteroatoms. The molecule has 0 aromatic heterocycles. The van der Waals surface area contributed by atoms with Crippen LogP contribution in [0.3, 0.4) is 0 Å². The number of nitrogens with one attached hydrogen (secondary N) is 1. The fraction of sp³-hybridized carbons (Fsp3) is 0.200. The average molecular weight is 160 g/mol. The van der Waals surface area contributed by atoms with E-state index in [9.17, 15) is 5.21 Å². The number of benzene rings is 1. The third-order valence-electron chi connectivity index (χ3n) is 2.25. The first kappa shape index (κ1) is 7.53. The molecule has 0 aliphatic carbocycles. The van der Waals surface area contributed by atoms with Crippen LogP contribution in [0.2, 0.25) is 0 Å².